The third kappa shape index (κ3) is 2.79. The summed E-state index contributed by atoms with van der Waals surface area (Å²) in [7, 11) is 0. The summed E-state index contributed by atoms with van der Waals surface area (Å²) >= 11 is 0. The van der Waals surface area contributed by atoms with Crippen molar-refractivity contribution in [1.82, 2.24) is 9.13 Å². The van der Waals surface area contributed by atoms with Crippen LogP contribution in [0.2, 0.25) is 0 Å². The molecule has 1 aromatic carbocycles. The van der Waals surface area contributed by atoms with Crippen LogP contribution in [0.15, 0.2) is 41.5 Å². The van der Waals surface area contributed by atoms with Crippen molar-refractivity contribution < 1.29 is 4.92 Å². The number of aryl methyl sites for hydroxylation is 2. The summed E-state index contributed by atoms with van der Waals surface area (Å²) in [4.78, 5) is 22.6. The van der Waals surface area contributed by atoms with Gasteiger partial charge in [0, 0.05) is 36.6 Å². The second kappa shape index (κ2) is 5.73. The van der Waals surface area contributed by atoms with Crippen LogP contribution >= 0.6 is 0 Å². The number of nitro benzene ring substituents is 1. The first-order valence-electron chi connectivity index (χ1n) is 6.50. The topological polar surface area (TPSA) is 70.1 Å². The molecule has 0 aliphatic rings. The molecule has 0 bridgehead atoms. The van der Waals surface area contributed by atoms with Crippen molar-refractivity contribution in [2.75, 3.05) is 0 Å². The average molecular weight is 275 g/mol. The second-order valence-corrected chi connectivity index (χ2v) is 4.91. The van der Waals surface area contributed by atoms with Crippen LogP contribution < -0.4 is 5.69 Å². The smallest absolute Gasteiger partial charge is 0.299 e. The third-order valence-corrected chi connectivity index (χ3v) is 3.24. The van der Waals surface area contributed by atoms with E-state index in [1.54, 1.807) is 39.7 Å². The molecule has 0 atom stereocenters. The van der Waals surface area contributed by atoms with Crippen LogP contribution in [0.3, 0.4) is 0 Å². The van der Waals surface area contributed by atoms with Gasteiger partial charge in [0.2, 0.25) is 0 Å². The quantitative estimate of drug-likeness (QED) is 0.621. The van der Waals surface area contributed by atoms with Crippen molar-refractivity contribution in [2.24, 2.45) is 0 Å². The van der Waals surface area contributed by atoms with Gasteiger partial charge in [0.25, 0.3) is 5.69 Å². The summed E-state index contributed by atoms with van der Waals surface area (Å²) in [6.45, 7) is 4.31. The van der Waals surface area contributed by atoms with Crippen molar-refractivity contribution in [1.29, 1.82) is 0 Å². The van der Waals surface area contributed by atoms with Crippen molar-refractivity contribution in [3.63, 3.8) is 0 Å². The Labute approximate surface area is 116 Å². The number of nitrogens with zero attached hydrogens (tertiary/aromatic N) is 3. The van der Waals surface area contributed by atoms with E-state index >= 15 is 0 Å². The number of hydrogen-bond donors (Lipinski definition) is 0. The van der Waals surface area contributed by atoms with Crippen LogP contribution in [0.5, 0.6) is 0 Å². The van der Waals surface area contributed by atoms with Crippen molar-refractivity contribution in [3.05, 3.63) is 62.8 Å². The lowest BCUT2D eigenvalue weighted by atomic mass is 10.1. The van der Waals surface area contributed by atoms with E-state index in [0.717, 1.165) is 0 Å². The van der Waals surface area contributed by atoms with E-state index in [-0.39, 0.29) is 17.4 Å². The monoisotopic (exact) mass is 275 g/mol. The molecule has 0 saturated heterocycles. The van der Waals surface area contributed by atoms with Crippen molar-refractivity contribution in [3.8, 4) is 0 Å². The van der Waals surface area contributed by atoms with Gasteiger partial charge in [-0.2, -0.15) is 0 Å². The highest BCUT2D eigenvalue weighted by molar-refractivity contribution is 5.39. The second-order valence-electron chi connectivity index (χ2n) is 4.91. The molecule has 1 heterocycles. The van der Waals surface area contributed by atoms with Gasteiger partial charge in [-0.05, 0) is 20.3 Å². The first-order chi connectivity index (χ1) is 9.50. The maximum atomic E-state index is 12.0. The highest BCUT2D eigenvalue weighted by atomic mass is 16.6. The van der Waals surface area contributed by atoms with Crippen LogP contribution in [-0.4, -0.2) is 14.1 Å². The zero-order valence-corrected chi connectivity index (χ0v) is 11.5. The number of nitro groups is 1. The SMILES string of the molecule is CC(C)n1ccn(CCc2ccccc2[N+](=O)[O-])c1=O. The Morgan fingerprint density at radius 2 is 1.95 bits per heavy atom. The minimum absolute atomic E-state index is 0.0846. The molecule has 0 aliphatic heterocycles. The maximum Gasteiger partial charge on any atom is 0.328 e. The lowest BCUT2D eigenvalue weighted by Gasteiger charge is -2.05. The third-order valence-electron chi connectivity index (χ3n) is 3.24. The Morgan fingerprint density at radius 3 is 2.55 bits per heavy atom. The van der Waals surface area contributed by atoms with E-state index in [1.807, 2.05) is 13.8 Å². The number of benzene rings is 1. The van der Waals surface area contributed by atoms with E-state index in [4.69, 9.17) is 0 Å². The minimum Gasteiger partial charge on any atom is -0.299 e. The number of para-hydroxylation sites is 1. The number of imidazole rings is 1. The van der Waals surface area contributed by atoms with E-state index in [1.165, 1.54) is 6.07 Å². The summed E-state index contributed by atoms with van der Waals surface area (Å²) in [5.41, 5.74) is 0.657. The van der Waals surface area contributed by atoms with Gasteiger partial charge in [-0.15, -0.1) is 0 Å². The molecular formula is C14H17N3O3. The predicted octanol–water partition coefficient (Wildman–Crippen LogP) is 2.38. The summed E-state index contributed by atoms with van der Waals surface area (Å²) in [6.07, 6.45) is 3.92. The molecule has 6 nitrogen and oxygen atoms in total. The number of hydrogen-bond acceptors (Lipinski definition) is 3. The van der Waals surface area contributed by atoms with Crippen LogP contribution in [0.25, 0.3) is 0 Å². The molecule has 0 N–H and O–H groups in total. The van der Waals surface area contributed by atoms with Gasteiger partial charge in [0.1, 0.15) is 0 Å². The molecule has 20 heavy (non-hydrogen) atoms. The standard InChI is InChI=1S/C14H17N3O3/c1-11(2)16-10-9-15(14(16)18)8-7-12-5-3-4-6-13(12)17(19)20/h3-6,9-11H,7-8H2,1-2H3. The lowest BCUT2D eigenvalue weighted by molar-refractivity contribution is -0.385. The maximum absolute atomic E-state index is 12.0. The fourth-order valence-electron chi connectivity index (χ4n) is 2.13. The molecule has 2 rings (SSSR count). The summed E-state index contributed by atoms with van der Waals surface area (Å²) in [5.74, 6) is 0. The highest BCUT2D eigenvalue weighted by Crippen LogP contribution is 2.18. The van der Waals surface area contributed by atoms with Gasteiger partial charge in [0.05, 0.1) is 4.92 Å². The van der Waals surface area contributed by atoms with Crippen molar-refractivity contribution >= 4 is 5.69 Å². The van der Waals surface area contributed by atoms with Gasteiger partial charge in [-0.25, -0.2) is 4.79 Å². The molecule has 0 amide bonds. The fourth-order valence-corrected chi connectivity index (χ4v) is 2.13. The van der Waals surface area contributed by atoms with Gasteiger partial charge in [-0.3, -0.25) is 19.2 Å². The van der Waals surface area contributed by atoms with Crippen LogP contribution in [0.4, 0.5) is 5.69 Å². The predicted molar refractivity (Wildman–Crippen MR) is 75.9 cm³/mol. The molecule has 0 aliphatic carbocycles. The van der Waals surface area contributed by atoms with Crippen molar-refractivity contribution in [2.45, 2.75) is 32.9 Å². The minimum atomic E-state index is -0.391. The lowest BCUT2D eigenvalue weighted by Crippen LogP contribution is -2.25. The van der Waals surface area contributed by atoms with E-state index in [0.29, 0.717) is 18.5 Å². The summed E-state index contributed by atoms with van der Waals surface area (Å²) < 4.78 is 3.22. The molecule has 2 aromatic rings. The molecular weight excluding hydrogens is 258 g/mol. The van der Waals surface area contributed by atoms with E-state index in [2.05, 4.69) is 0 Å². The van der Waals surface area contributed by atoms with Crippen LogP contribution in [-0.2, 0) is 13.0 Å². The van der Waals surface area contributed by atoms with E-state index in [9.17, 15) is 14.9 Å². The molecule has 0 spiro atoms. The Morgan fingerprint density at radius 1 is 1.25 bits per heavy atom. The molecule has 0 fully saturated rings. The van der Waals surface area contributed by atoms with Gasteiger partial charge in [0.15, 0.2) is 0 Å². The number of rotatable bonds is 5. The Hall–Kier alpha value is -2.37. The zero-order valence-electron chi connectivity index (χ0n) is 11.5. The first kappa shape index (κ1) is 14.0. The zero-order chi connectivity index (χ0) is 14.7. The van der Waals surface area contributed by atoms with Gasteiger partial charge >= 0.3 is 5.69 Å². The number of aromatic nitrogens is 2. The molecule has 0 radical (unpaired) electrons. The Balaban J connectivity index is 2.18. The van der Waals surface area contributed by atoms with Gasteiger partial charge < -0.3 is 0 Å². The van der Waals surface area contributed by atoms with Crippen LogP contribution in [0.1, 0.15) is 25.5 Å². The normalized spacial score (nSPS) is 10.9. The molecule has 0 saturated carbocycles. The largest absolute Gasteiger partial charge is 0.328 e. The Bertz CT molecular complexity index is 670. The first-order valence-corrected chi connectivity index (χ1v) is 6.50. The molecule has 1 aromatic heterocycles. The fraction of sp³-hybridized carbons (Fsp3) is 0.357. The molecule has 0 unspecified atom stereocenters. The molecule has 106 valence electrons. The van der Waals surface area contributed by atoms with Gasteiger partial charge in [-0.1, -0.05) is 18.2 Å². The van der Waals surface area contributed by atoms with E-state index < -0.39 is 4.92 Å². The summed E-state index contributed by atoms with van der Waals surface area (Å²) in [5, 5.41) is 10.9. The highest BCUT2D eigenvalue weighted by Gasteiger charge is 2.13. The molecule has 6 heteroatoms. The van der Waals surface area contributed by atoms with Crippen LogP contribution in [0, 0.1) is 10.1 Å². The summed E-state index contributed by atoms with van der Waals surface area (Å²) in [6, 6.07) is 6.72. The Kier molecular flexibility index (Phi) is 4.02. The average Bonchev–Trinajstić information content (AvgIpc) is 2.78.